The van der Waals surface area contributed by atoms with E-state index in [1.165, 1.54) is 6.42 Å². The third-order valence-corrected chi connectivity index (χ3v) is 3.31. The monoisotopic (exact) mass is 285 g/mol. The first kappa shape index (κ1) is 15.4. The van der Waals surface area contributed by atoms with E-state index >= 15 is 0 Å². The molecule has 1 atom stereocenters. The van der Waals surface area contributed by atoms with E-state index in [0.717, 1.165) is 12.8 Å². The highest BCUT2D eigenvalue weighted by molar-refractivity contribution is 5.01. The molecule has 114 valence electrons. The number of hydrogen-bond acceptors (Lipinski definition) is 7. The van der Waals surface area contributed by atoms with Gasteiger partial charge in [-0.15, -0.1) is 0 Å². The predicted octanol–water partition coefficient (Wildman–Crippen LogP) is 0.976. The van der Waals surface area contributed by atoms with Crippen LogP contribution in [0, 0.1) is 0 Å². The molecule has 0 aromatic carbocycles. The Balaban J connectivity index is 1.79. The predicted molar refractivity (Wildman–Crippen MR) is 71.0 cm³/mol. The van der Waals surface area contributed by atoms with Crippen LogP contribution in [0.4, 0.5) is 0 Å². The van der Waals surface area contributed by atoms with Gasteiger partial charge in [-0.2, -0.15) is 4.98 Å². The van der Waals surface area contributed by atoms with Crippen molar-refractivity contribution in [3.8, 4) is 0 Å². The molecule has 0 amide bonds. The molecule has 20 heavy (non-hydrogen) atoms. The second-order valence-electron chi connectivity index (χ2n) is 5.34. The highest BCUT2D eigenvalue weighted by Gasteiger charge is 2.30. The molecule has 1 aromatic rings. The van der Waals surface area contributed by atoms with E-state index in [9.17, 15) is 0 Å². The fraction of sp³-hybridized carbons (Fsp3) is 0.846. The van der Waals surface area contributed by atoms with Crippen LogP contribution in [0.15, 0.2) is 4.52 Å². The summed E-state index contributed by atoms with van der Waals surface area (Å²) in [5, 5.41) is 3.91. The first-order valence-electron chi connectivity index (χ1n) is 6.92. The second kappa shape index (κ2) is 7.12. The quantitative estimate of drug-likeness (QED) is 0.676. The second-order valence-corrected chi connectivity index (χ2v) is 5.34. The molecule has 0 aliphatic heterocycles. The van der Waals surface area contributed by atoms with Gasteiger partial charge in [0, 0.05) is 7.11 Å². The van der Waals surface area contributed by atoms with Gasteiger partial charge in [0.1, 0.15) is 12.1 Å². The van der Waals surface area contributed by atoms with Crippen molar-refractivity contribution in [1.82, 2.24) is 10.1 Å². The van der Waals surface area contributed by atoms with Gasteiger partial charge in [-0.1, -0.05) is 5.16 Å². The van der Waals surface area contributed by atoms with Crippen LogP contribution in [0.1, 0.15) is 37.9 Å². The maximum Gasteiger partial charge on any atom is 0.252 e. The van der Waals surface area contributed by atoms with Crippen LogP contribution in [0.25, 0.3) is 0 Å². The molecule has 0 bridgehead atoms. The molecule has 0 radical (unpaired) electrons. The molecule has 1 fully saturated rings. The Morgan fingerprint density at radius 3 is 2.85 bits per heavy atom. The Hall–Kier alpha value is -1.02. The van der Waals surface area contributed by atoms with E-state index in [1.807, 2.05) is 6.92 Å². The van der Waals surface area contributed by atoms with Crippen LogP contribution in [-0.4, -0.2) is 43.2 Å². The van der Waals surface area contributed by atoms with E-state index in [2.05, 4.69) is 10.1 Å². The van der Waals surface area contributed by atoms with E-state index in [-0.39, 0.29) is 6.61 Å². The molecule has 7 nitrogen and oxygen atoms in total. The molecule has 2 rings (SSSR count). The molecule has 2 N–H and O–H groups in total. The molecule has 1 aromatic heterocycles. The molecular formula is C13H23N3O4. The third kappa shape index (κ3) is 4.24. The van der Waals surface area contributed by atoms with Crippen LogP contribution >= 0.6 is 0 Å². The van der Waals surface area contributed by atoms with Gasteiger partial charge >= 0.3 is 0 Å². The summed E-state index contributed by atoms with van der Waals surface area (Å²) in [6.45, 7) is 3.51. The summed E-state index contributed by atoms with van der Waals surface area (Å²) in [5.74, 6) is 0.860. The number of aromatic nitrogens is 2. The SMILES string of the molecule is COCCOCc1nc(C(C)(N)COC2CCC2)no1. The van der Waals surface area contributed by atoms with Gasteiger partial charge in [0.15, 0.2) is 5.82 Å². The van der Waals surface area contributed by atoms with Crippen molar-refractivity contribution in [3.05, 3.63) is 11.7 Å². The summed E-state index contributed by atoms with van der Waals surface area (Å²) >= 11 is 0. The molecule has 1 saturated carbocycles. The van der Waals surface area contributed by atoms with E-state index in [4.69, 9.17) is 24.5 Å². The summed E-state index contributed by atoms with van der Waals surface area (Å²) in [7, 11) is 1.62. The Kier molecular flexibility index (Phi) is 5.47. The molecule has 0 spiro atoms. The zero-order chi connectivity index (χ0) is 14.4. The number of hydrogen-bond donors (Lipinski definition) is 1. The van der Waals surface area contributed by atoms with Crippen molar-refractivity contribution in [3.63, 3.8) is 0 Å². The maximum atomic E-state index is 6.18. The third-order valence-electron chi connectivity index (χ3n) is 3.31. The average Bonchev–Trinajstić information content (AvgIpc) is 2.82. The topological polar surface area (TPSA) is 92.6 Å². The lowest BCUT2D eigenvalue weighted by molar-refractivity contribution is -0.0222. The fourth-order valence-electron chi connectivity index (χ4n) is 1.74. The first-order valence-corrected chi connectivity index (χ1v) is 6.92. The maximum absolute atomic E-state index is 6.18. The first-order chi connectivity index (χ1) is 9.62. The summed E-state index contributed by atoms with van der Waals surface area (Å²) in [5.41, 5.74) is 5.44. The largest absolute Gasteiger partial charge is 0.382 e. The molecule has 1 heterocycles. The van der Waals surface area contributed by atoms with Gasteiger partial charge in [-0.25, -0.2) is 0 Å². The Morgan fingerprint density at radius 1 is 1.40 bits per heavy atom. The standard InChI is InChI=1S/C13H23N3O4/c1-13(14,9-19-10-4-3-5-10)12-15-11(20-16-12)8-18-7-6-17-2/h10H,3-9,14H2,1-2H3. The molecule has 1 aliphatic rings. The normalized spacial score (nSPS) is 18.8. The van der Waals surface area contributed by atoms with Gasteiger partial charge in [0.25, 0.3) is 5.89 Å². The van der Waals surface area contributed by atoms with Gasteiger partial charge < -0.3 is 24.5 Å². The average molecular weight is 285 g/mol. The lowest BCUT2D eigenvalue weighted by Gasteiger charge is -2.29. The van der Waals surface area contributed by atoms with Crippen LogP contribution in [0.3, 0.4) is 0 Å². The molecular weight excluding hydrogens is 262 g/mol. The fourth-order valence-corrected chi connectivity index (χ4v) is 1.74. The summed E-state index contributed by atoms with van der Waals surface area (Å²) in [4.78, 5) is 4.25. The Labute approximate surface area is 118 Å². The van der Waals surface area contributed by atoms with Gasteiger partial charge in [0.05, 0.1) is 25.9 Å². The lowest BCUT2D eigenvalue weighted by atomic mass is 9.95. The summed E-state index contributed by atoms with van der Waals surface area (Å²) < 4.78 is 21.0. The van der Waals surface area contributed by atoms with Crippen molar-refractivity contribution in [2.24, 2.45) is 5.73 Å². The summed E-state index contributed by atoms with van der Waals surface area (Å²) in [6.07, 6.45) is 3.79. The van der Waals surface area contributed by atoms with Gasteiger partial charge in [-0.05, 0) is 26.2 Å². The number of ether oxygens (including phenoxy) is 3. The van der Waals surface area contributed by atoms with Crippen molar-refractivity contribution in [2.75, 3.05) is 26.9 Å². The Morgan fingerprint density at radius 2 is 2.20 bits per heavy atom. The Bertz CT molecular complexity index is 404. The zero-order valence-electron chi connectivity index (χ0n) is 12.1. The van der Waals surface area contributed by atoms with Gasteiger partial charge in [-0.3, -0.25) is 0 Å². The highest BCUT2D eigenvalue weighted by Crippen LogP contribution is 2.24. The van der Waals surface area contributed by atoms with Crippen LogP contribution in [-0.2, 0) is 26.4 Å². The van der Waals surface area contributed by atoms with Crippen molar-refractivity contribution < 1.29 is 18.7 Å². The minimum Gasteiger partial charge on any atom is -0.382 e. The zero-order valence-corrected chi connectivity index (χ0v) is 12.1. The summed E-state index contributed by atoms with van der Waals surface area (Å²) in [6, 6.07) is 0. The van der Waals surface area contributed by atoms with Crippen molar-refractivity contribution >= 4 is 0 Å². The van der Waals surface area contributed by atoms with Crippen LogP contribution in [0.5, 0.6) is 0 Å². The number of methoxy groups -OCH3 is 1. The van der Waals surface area contributed by atoms with Gasteiger partial charge in [0.2, 0.25) is 0 Å². The molecule has 0 saturated heterocycles. The van der Waals surface area contributed by atoms with Crippen LogP contribution in [0.2, 0.25) is 0 Å². The molecule has 1 unspecified atom stereocenters. The van der Waals surface area contributed by atoms with Crippen molar-refractivity contribution in [2.45, 2.75) is 44.4 Å². The number of nitrogens with two attached hydrogens (primary N) is 1. The molecule has 1 aliphatic carbocycles. The van der Waals surface area contributed by atoms with E-state index in [1.54, 1.807) is 7.11 Å². The molecule has 7 heteroatoms. The van der Waals surface area contributed by atoms with E-state index < -0.39 is 5.54 Å². The van der Waals surface area contributed by atoms with E-state index in [0.29, 0.717) is 37.6 Å². The minimum absolute atomic E-state index is 0.260. The highest BCUT2D eigenvalue weighted by atomic mass is 16.5. The number of nitrogens with zero attached hydrogens (tertiary/aromatic N) is 2. The number of rotatable bonds is 9. The smallest absolute Gasteiger partial charge is 0.252 e. The minimum atomic E-state index is -0.746. The van der Waals surface area contributed by atoms with Crippen molar-refractivity contribution in [1.29, 1.82) is 0 Å². The lowest BCUT2D eigenvalue weighted by Crippen LogP contribution is -2.41. The van der Waals surface area contributed by atoms with Crippen LogP contribution < -0.4 is 5.73 Å².